The van der Waals surface area contributed by atoms with E-state index >= 15 is 0 Å². The highest BCUT2D eigenvalue weighted by molar-refractivity contribution is 8.00. The Kier molecular flexibility index (Phi) is 5.59. The number of nitrogens with one attached hydrogen (secondary N) is 1. The standard InChI is InChI=1S/C21H24N2O5S2/c1-13-12-23(21(24)14-4-5-14)18-11-16(7-9-20(18)29-13)30(25,26)22-17-8-6-15(27-2)10-19(17)28-3/h6-11,13-14,22H,4-5,12H2,1-3H3/t13-/m1/s1. The van der Waals surface area contributed by atoms with Gasteiger partial charge in [0.15, 0.2) is 0 Å². The average molecular weight is 449 g/mol. The number of fused-ring (bicyclic) bond motifs is 1. The Labute approximate surface area is 180 Å². The number of benzene rings is 2. The first-order chi connectivity index (χ1) is 14.3. The molecule has 160 valence electrons. The van der Waals surface area contributed by atoms with Crippen molar-refractivity contribution >= 4 is 39.1 Å². The van der Waals surface area contributed by atoms with Crippen LogP contribution in [-0.4, -0.2) is 40.3 Å². The molecule has 2 aromatic carbocycles. The molecule has 1 aliphatic carbocycles. The lowest BCUT2D eigenvalue weighted by Crippen LogP contribution is -2.39. The third-order valence-corrected chi connectivity index (χ3v) is 7.66. The van der Waals surface area contributed by atoms with Crippen molar-refractivity contribution in [3.8, 4) is 11.5 Å². The molecule has 2 aliphatic rings. The maximum Gasteiger partial charge on any atom is 0.262 e. The summed E-state index contributed by atoms with van der Waals surface area (Å²) in [5.41, 5.74) is 0.976. The van der Waals surface area contributed by atoms with Gasteiger partial charge in [0.2, 0.25) is 5.91 Å². The Morgan fingerprint density at radius 3 is 2.57 bits per heavy atom. The van der Waals surface area contributed by atoms with Crippen molar-refractivity contribution in [2.24, 2.45) is 5.92 Å². The Morgan fingerprint density at radius 1 is 1.13 bits per heavy atom. The number of nitrogens with zero attached hydrogens (tertiary/aromatic N) is 1. The van der Waals surface area contributed by atoms with E-state index in [0.717, 1.165) is 17.7 Å². The van der Waals surface area contributed by atoms with Crippen LogP contribution in [0.2, 0.25) is 0 Å². The van der Waals surface area contributed by atoms with Crippen LogP contribution in [0.25, 0.3) is 0 Å². The molecule has 1 heterocycles. The van der Waals surface area contributed by atoms with E-state index < -0.39 is 10.0 Å². The molecular weight excluding hydrogens is 424 g/mol. The second-order valence-corrected chi connectivity index (χ2v) is 10.6. The molecule has 9 heteroatoms. The van der Waals surface area contributed by atoms with Gasteiger partial charge >= 0.3 is 0 Å². The van der Waals surface area contributed by atoms with Crippen LogP contribution in [0.4, 0.5) is 11.4 Å². The molecule has 1 amide bonds. The fourth-order valence-corrected chi connectivity index (χ4v) is 5.61. The van der Waals surface area contributed by atoms with Gasteiger partial charge < -0.3 is 14.4 Å². The molecule has 1 atom stereocenters. The fourth-order valence-electron chi connectivity index (χ4n) is 3.43. The van der Waals surface area contributed by atoms with E-state index in [1.165, 1.54) is 14.2 Å². The highest BCUT2D eigenvalue weighted by atomic mass is 32.2. The van der Waals surface area contributed by atoms with Gasteiger partial charge in [0, 0.05) is 28.7 Å². The maximum atomic E-state index is 13.1. The zero-order chi connectivity index (χ0) is 21.5. The highest BCUT2D eigenvalue weighted by Gasteiger charge is 2.37. The number of hydrogen-bond donors (Lipinski definition) is 1. The van der Waals surface area contributed by atoms with Crippen molar-refractivity contribution in [2.75, 3.05) is 30.4 Å². The van der Waals surface area contributed by atoms with Gasteiger partial charge in [0.25, 0.3) is 10.0 Å². The largest absolute Gasteiger partial charge is 0.497 e. The van der Waals surface area contributed by atoms with Crippen molar-refractivity contribution in [3.63, 3.8) is 0 Å². The molecule has 0 saturated heterocycles. The Balaban J connectivity index is 1.67. The Hall–Kier alpha value is -2.39. The lowest BCUT2D eigenvalue weighted by molar-refractivity contribution is -0.119. The Morgan fingerprint density at radius 2 is 1.90 bits per heavy atom. The molecule has 0 bridgehead atoms. The number of hydrogen-bond acceptors (Lipinski definition) is 6. The summed E-state index contributed by atoms with van der Waals surface area (Å²) >= 11 is 1.66. The van der Waals surface area contributed by atoms with Crippen LogP contribution in [0.15, 0.2) is 46.2 Å². The smallest absolute Gasteiger partial charge is 0.262 e. The van der Waals surface area contributed by atoms with Crippen molar-refractivity contribution in [2.45, 2.75) is 34.8 Å². The van der Waals surface area contributed by atoms with E-state index in [1.54, 1.807) is 53.1 Å². The van der Waals surface area contributed by atoms with E-state index in [9.17, 15) is 13.2 Å². The minimum absolute atomic E-state index is 0.0649. The van der Waals surface area contributed by atoms with Crippen molar-refractivity contribution in [1.29, 1.82) is 0 Å². The molecule has 1 aliphatic heterocycles. The number of anilines is 2. The SMILES string of the molecule is COc1ccc(NS(=O)(=O)c2ccc3c(c2)N(C(=O)C2CC2)C[C@@H](C)S3)c(OC)c1. The van der Waals surface area contributed by atoms with Gasteiger partial charge in [-0.15, -0.1) is 11.8 Å². The molecule has 1 saturated carbocycles. The fraction of sp³-hybridized carbons (Fsp3) is 0.381. The van der Waals surface area contributed by atoms with Crippen molar-refractivity contribution in [1.82, 2.24) is 0 Å². The van der Waals surface area contributed by atoms with Crippen LogP contribution in [-0.2, 0) is 14.8 Å². The van der Waals surface area contributed by atoms with Gasteiger partial charge in [-0.05, 0) is 43.2 Å². The number of methoxy groups -OCH3 is 2. The van der Waals surface area contributed by atoms with Crippen LogP contribution < -0.4 is 19.1 Å². The second kappa shape index (κ2) is 8.03. The average Bonchev–Trinajstić information content (AvgIpc) is 3.57. The summed E-state index contributed by atoms with van der Waals surface area (Å²) in [5.74, 6) is 1.06. The first-order valence-corrected chi connectivity index (χ1v) is 12.1. The predicted molar refractivity (Wildman–Crippen MR) is 117 cm³/mol. The highest BCUT2D eigenvalue weighted by Crippen LogP contribution is 2.43. The lowest BCUT2D eigenvalue weighted by atomic mass is 10.2. The third-order valence-electron chi connectivity index (χ3n) is 5.14. The van der Waals surface area contributed by atoms with Gasteiger partial charge in [-0.2, -0.15) is 0 Å². The zero-order valence-electron chi connectivity index (χ0n) is 17.0. The van der Waals surface area contributed by atoms with Crippen molar-refractivity contribution in [3.05, 3.63) is 36.4 Å². The minimum Gasteiger partial charge on any atom is -0.497 e. The normalized spacial score (nSPS) is 18.5. The van der Waals surface area contributed by atoms with E-state index in [1.807, 2.05) is 0 Å². The van der Waals surface area contributed by atoms with E-state index in [-0.39, 0.29) is 22.0 Å². The van der Waals surface area contributed by atoms with E-state index in [4.69, 9.17) is 9.47 Å². The molecule has 4 rings (SSSR count). The van der Waals surface area contributed by atoms with Gasteiger partial charge in [-0.3, -0.25) is 9.52 Å². The van der Waals surface area contributed by atoms with Gasteiger partial charge in [0.1, 0.15) is 11.5 Å². The molecule has 7 nitrogen and oxygen atoms in total. The Bertz CT molecular complexity index is 1080. The summed E-state index contributed by atoms with van der Waals surface area (Å²) in [6, 6.07) is 9.80. The van der Waals surface area contributed by atoms with Gasteiger partial charge in [-0.25, -0.2) is 8.42 Å². The third kappa shape index (κ3) is 4.09. The summed E-state index contributed by atoms with van der Waals surface area (Å²) in [4.78, 5) is 15.6. The zero-order valence-corrected chi connectivity index (χ0v) is 18.7. The van der Waals surface area contributed by atoms with Crippen molar-refractivity contribution < 1.29 is 22.7 Å². The summed E-state index contributed by atoms with van der Waals surface area (Å²) in [5, 5.41) is 0.254. The minimum atomic E-state index is -3.88. The summed E-state index contributed by atoms with van der Waals surface area (Å²) in [6.07, 6.45) is 1.81. The van der Waals surface area contributed by atoms with E-state index in [0.29, 0.717) is 29.4 Å². The van der Waals surface area contributed by atoms with Crippen LogP contribution in [0, 0.1) is 5.92 Å². The molecule has 0 unspecified atom stereocenters. The number of carbonyl (C=O) groups is 1. The number of rotatable bonds is 6. The summed E-state index contributed by atoms with van der Waals surface area (Å²) in [6.45, 7) is 2.65. The molecule has 0 radical (unpaired) electrons. The van der Waals surface area contributed by atoms with Crippen LogP contribution >= 0.6 is 11.8 Å². The summed E-state index contributed by atoms with van der Waals surface area (Å²) < 4.78 is 39.2. The topological polar surface area (TPSA) is 84.9 Å². The number of thioether (sulfide) groups is 1. The monoisotopic (exact) mass is 448 g/mol. The second-order valence-electron chi connectivity index (χ2n) is 7.45. The summed E-state index contributed by atoms with van der Waals surface area (Å²) in [7, 11) is -0.894. The molecule has 2 aromatic rings. The molecule has 1 N–H and O–H groups in total. The number of sulfonamides is 1. The van der Waals surface area contributed by atoms with Crippen LogP contribution in [0.5, 0.6) is 11.5 Å². The molecular formula is C21H24N2O5S2. The number of ether oxygens (including phenoxy) is 2. The van der Waals surface area contributed by atoms with Gasteiger partial charge in [-0.1, -0.05) is 6.92 Å². The van der Waals surface area contributed by atoms with E-state index in [2.05, 4.69) is 11.6 Å². The lowest BCUT2D eigenvalue weighted by Gasteiger charge is -2.33. The predicted octanol–water partition coefficient (Wildman–Crippen LogP) is 3.74. The van der Waals surface area contributed by atoms with Gasteiger partial charge in [0.05, 0.1) is 30.5 Å². The molecule has 0 spiro atoms. The molecule has 0 aromatic heterocycles. The molecule has 30 heavy (non-hydrogen) atoms. The van der Waals surface area contributed by atoms with Crippen LogP contribution in [0.3, 0.4) is 0 Å². The first-order valence-electron chi connectivity index (χ1n) is 9.69. The maximum absolute atomic E-state index is 13.1. The first kappa shape index (κ1) is 20.9. The molecule has 1 fully saturated rings. The quantitative estimate of drug-likeness (QED) is 0.725. The number of amides is 1. The number of carbonyl (C=O) groups excluding carboxylic acids is 1. The van der Waals surface area contributed by atoms with Crippen LogP contribution in [0.1, 0.15) is 19.8 Å².